The van der Waals surface area contributed by atoms with Crippen LogP contribution in [0.5, 0.6) is 0 Å². The number of nitrogen functional groups attached to an aromatic ring is 1. The van der Waals surface area contributed by atoms with Gasteiger partial charge in [-0.15, -0.1) is 0 Å². The Bertz CT molecular complexity index is 659. The molecule has 18 heavy (non-hydrogen) atoms. The number of aromatic nitrogens is 1. The van der Waals surface area contributed by atoms with Crippen molar-refractivity contribution in [2.45, 2.75) is 0 Å². The van der Waals surface area contributed by atoms with Gasteiger partial charge in [-0.1, -0.05) is 0 Å². The summed E-state index contributed by atoms with van der Waals surface area (Å²) in [5.74, 6) is -4.64. The lowest BCUT2D eigenvalue weighted by atomic mass is 10.1. The average Bonchev–Trinajstić information content (AvgIpc) is 2.34. The van der Waals surface area contributed by atoms with E-state index in [-0.39, 0.29) is 11.3 Å². The van der Waals surface area contributed by atoms with Crippen LogP contribution in [0.1, 0.15) is 10.4 Å². The summed E-state index contributed by atoms with van der Waals surface area (Å²) in [6.45, 7) is 0. The van der Waals surface area contributed by atoms with Crippen molar-refractivity contribution < 1.29 is 22.7 Å². The highest BCUT2D eigenvalue weighted by Crippen LogP contribution is 2.29. The first-order chi connectivity index (χ1) is 8.47. The Kier molecular flexibility index (Phi) is 2.82. The molecule has 0 aliphatic heterocycles. The molecule has 4 nitrogen and oxygen atoms in total. The molecule has 7 heteroatoms. The first kappa shape index (κ1) is 12.2. The fourth-order valence-electron chi connectivity index (χ4n) is 1.57. The summed E-state index contributed by atoms with van der Waals surface area (Å²) in [4.78, 5) is 14.8. The van der Waals surface area contributed by atoms with Crippen molar-refractivity contribution in [3.05, 3.63) is 35.3 Å². The highest BCUT2D eigenvalue weighted by Gasteiger charge is 2.20. The summed E-state index contributed by atoms with van der Waals surface area (Å²) >= 11 is 0. The lowest BCUT2D eigenvalue weighted by molar-refractivity contribution is 0.0601. The molecule has 0 aliphatic rings. The van der Waals surface area contributed by atoms with Crippen LogP contribution in [0.2, 0.25) is 0 Å². The van der Waals surface area contributed by atoms with E-state index in [0.29, 0.717) is 6.07 Å². The summed E-state index contributed by atoms with van der Waals surface area (Å²) < 4.78 is 44.3. The van der Waals surface area contributed by atoms with Gasteiger partial charge in [0.2, 0.25) is 0 Å². The predicted octanol–water partition coefficient (Wildman–Crippen LogP) is 2.02. The number of hydrogen-bond donors (Lipinski definition) is 1. The molecule has 2 N–H and O–H groups in total. The standard InChI is InChI=1S/C11H7F3N2O2/c1-18-11(17)4-3-16-10-7(9(4)15)5(12)2-6(13)8(10)14/h2-3H,1H3,(H2,15,16). The summed E-state index contributed by atoms with van der Waals surface area (Å²) in [5.41, 5.74) is 4.42. The second-order valence-electron chi connectivity index (χ2n) is 3.45. The van der Waals surface area contributed by atoms with E-state index in [9.17, 15) is 18.0 Å². The van der Waals surface area contributed by atoms with Crippen LogP contribution in [0.15, 0.2) is 12.3 Å². The van der Waals surface area contributed by atoms with E-state index in [4.69, 9.17) is 5.73 Å². The van der Waals surface area contributed by atoms with Crippen LogP contribution in [0.25, 0.3) is 10.9 Å². The number of hydrogen-bond acceptors (Lipinski definition) is 4. The summed E-state index contributed by atoms with van der Waals surface area (Å²) in [6, 6.07) is 0.344. The number of carbonyl (C=O) groups excluding carboxylic acids is 1. The molecule has 0 fully saturated rings. The molecule has 1 aromatic heterocycles. The molecular formula is C11H7F3N2O2. The second-order valence-corrected chi connectivity index (χ2v) is 3.45. The van der Waals surface area contributed by atoms with Crippen molar-refractivity contribution in [2.75, 3.05) is 12.8 Å². The second kappa shape index (κ2) is 4.17. The Morgan fingerprint density at radius 3 is 2.61 bits per heavy atom. The number of esters is 1. The Labute approximate surface area is 99.2 Å². The van der Waals surface area contributed by atoms with Crippen LogP contribution < -0.4 is 5.73 Å². The van der Waals surface area contributed by atoms with E-state index in [0.717, 1.165) is 13.3 Å². The van der Waals surface area contributed by atoms with Gasteiger partial charge in [0.25, 0.3) is 0 Å². The van der Waals surface area contributed by atoms with Gasteiger partial charge in [-0.05, 0) is 0 Å². The summed E-state index contributed by atoms with van der Waals surface area (Å²) in [7, 11) is 1.10. The average molecular weight is 256 g/mol. The van der Waals surface area contributed by atoms with Crippen molar-refractivity contribution in [1.29, 1.82) is 0 Å². The number of anilines is 1. The molecule has 1 heterocycles. The normalized spacial score (nSPS) is 10.7. The van der Waals surface area contributed by atoms with Crippen LogP contribution in [0.3, 0.4) is 0 Å². The molecule has 0 atom stereocenters. The molecule has 0 aliphatic carbocycles. The number of fused-ring (bicyclic) bond motifs is 1. The number of ether oxygens (including phenoxy) is 1. The zero-order chi connectivity index (χ0) is 13.4. The van der Waals surface area contributed by atoms with Crippen LogP contribution in [-0.2, 0) is 4.74 Å². The zero-order valence-corrected chi connectivity index (χ0v) is 9.13. The minimum atomic E-state index is -1.38. The highest BCUT2D eigenvalue weighted by atomic mass is 19.2. The van der Waals surface area contributed by atoms with Gasteiger partial charge < -0.3 is 10.5 Å². The number of methoxy groups -OCH3 is 1. The summed E-state index contributed by atoms with van der Waals surface area (Å²) in [5, 5.41) is -0.447. The quantitative estimate of drug-likeness (QED) is 0.626. The first-order valence-electron chi connectivity index (χ1n) is 4.77. The monoisotopic (exact) mass is 256 g/mol. The predicted molar refractivity (Wildman–Crippen MR) is 57.4 cm³/mol. The number of pyridine rings is 1. The van der Waals surface area contributed by atoms with Crippen molar-refractivity contribution in [3.8, 4) is 0 Å². The Morgan fingerprint density at radius 2 is 2.00 bits per heavy atom. The minimum Gasteiger partial charge on any atom is -0.465 e. The number of rotatable bonds is 1. The SMILES string of the molecule is COC(=O)c1cnc2c(F)c(F)cc(F)c2c1N. The van der Waals surface area contributed by atoms with Crippen LogP contribution in [0.4, 0.5) is 18.9 Å². The van der Waals surface area contributed by atoms with Crippen LogP contribution in [0, 0.1) is 17.5 Å². The van der Waals surface area contributed by atoms with Gasteiger partial charge in [0.05, 0.1) is 18.2 Å². The van der Waals surface area contributed by atoms with Crippen molar-refractivity contribution in [1.82, 2.24) is 4.98 Å². The fraction of sp³-hybridized carbons (Fsp3) is 0.0909. The molecule has 0 amide bonds. The molecule has 1 aromatic carbocycles. The molecule has 2 aromatic rings. The third kappa shape index (κ3) is 1.64. The molecule has 0 bridgehead atoms. The Balaban J connectivity index is 2.87. The number of carbonyl (C=O) groups is 1. The lowest BCUT2D eigenvalue weighted by Crippen LogP contribution is -2.08. The first-order valence-corrected chi connectivity index (χ1v) is 4.77. The number of nitrogens with two attached hydrogens (primary N) is 1. The number of benzene rings is 1. The van der Waals surface area contributed by atoms with E-state index in [1.54, 1.807) is 0 Å². The maximum absolute atomic E-state index is 13.6. The highest BCUT2D eigenvalue weighted by molar-refractivity contribution is 6.04. The molecule has 2 rings (SSSR count). The van der Waals surface area contributed by atoms with Gasteiger partial charge in [-0.3, -0.25) is 4.98 Å². The third-order valence-corrected chi connectivity index (χ3v) is 2.43. The van der Waals surface area contributed by atoms with Gasteiger partial charge in [0.15, 0.2) is 11.6 Å². The zero-order valence-electron chi connectivity index (χ0n) is 9.13. The molecule has 0 radical (unpaired) electrons. The van der Waals surface area contributed by atoms with E-state index in [2.05, 4.69) is 9.72 Å². The van der Waals surface area contributed by atoms with E-state index in [1.807, 2.05) is 0 Å². The maximum Gasteiger partial charge on any atom is 0.341 e. The molecular weight excluding hydrogens is 249 g/mol. The maximum atomic E-state index is 13.6. The molecule has 94 valence electrons. The van der Waals surface area contributed by atoms with Gasteiger partial charge in [0, 0.05) is 12.3 Å². The Morgan fingerprint density at radius 1 is 1.33 bits per heavy atom. The molecule has 0 saturated carbocycles. The lowest BCUT2D eigenvalue weighted by Gasteiger charge is -2.08. The van der Waals surface area contributed by atoms with Crippen LogP contribution in [-0.4, -0.2) is 18.1 Å². The van der Waals surface area contributed by atoms with Crippen LogP contribution >= 0.6 is 0 Å². The molecule has 0 unspecified atom stereocenters. The Hall–Kier alpha value is -2.31. The van der Waals surface area contributed by atoms with Gasteiger partial charge >= 0.3 is 5.97 Å². The van der Waals surface area contributed by atoms with E-state index in [1.165, 1.54) is 0 Å². The van der Waals surface area contributed by atoms with Crippen molar-refractivity contribution in [2.24, 2.45) is 0 Å². The summed E-state index contributed by atoms with van der Waals surface area (Å²) in [6.07, 6.45) is 0.908. The van der Waals surface area contributed by atoms with Gasteiger partial charge in [-0.25, -0.2) is 18.0 Å². The van der Waals surface area contributed by atoms with E-state index >= 15 is 0 Å². The number of nitrogens with zero attached hydrogens (tertiary/aromatic N) is 1. The van der Waals surface area contributed by atoms with Gasteiger partial charge in [-0.2, -0.15) is 0 Å². The fourth-order valence-corrected chi connectivity index (χ4v) is 1.57. The topological polar surface area (TPSA) is 65.2 Å². The molecule has 0 spiro atoms. The minimum absolute atomic E-state index is 0.213. The third-order valence-electron chi connectivity index (χ3n) is 2.43. The smallest absolute Gasteiger partial charge is 0.341 e. The largest absolute Gasteiger partial charge is 0.465 e. The van der Waals surface area contributed by atoms with Crippen molar-refractivity contribution >= 4 is 22.6 Å². The van der Waals surface area contributed by atoms with E-state index < -0.39 is 34.3 Å². The van der Waals surface area contributed by atoms with Gasteiger partial charge in [0.1, 0.15) is 16.9 Å². The molecule has 0 saturated heterocycles. The van der Waals surface area contributed by atoms with Crippen molar-refractivity contribution in [3.63, 3.8) is 0 Å². The number of halogens is 3.